The van der Waals surface area contributed by atoms with Gasteiger partial charge in [0.25, 0.3) is 5.91 Å². The van der Waals surface area contributed by atoms with Crippen LogP contribution in [0.4, 0.5) is 5.69 Å². The Balaban J connectivity index is 1.45. The second-order valence-corrected chi connectivity index (χ2v) is 7.07. The molecule has 7 nitrogen and oxygen atoms in total. The summed E-state index contributed by atoms with van der Waals surface area (Å²) in [5.41, 5.74) is 1.94. The molecular weight excluding hydrogens is 330 g/mol. The number of nitrogens with zero attached hydrogens (tertiary/aromatic N) is 3. The Kier molecular flexibility index (Phi) is 4.14. The Morgan fingerprint density at radius 2 is 2.12 bits per heavy atom. The molecule has 1 saturated heterocycles. The molecular formula is C19H23N5O2. The van der Waals surface area contributed by atoms with Crippen molar-refractivity contribution in [1.82, 2.24) is 20.0 Å². The third-order valence-corrected chi connectivity index (χ3v) is 5.21. The van der Waals surface area contributed by atoms with Crippen LogP contribution in [0.2, 0.25) is 0 Å². The summed E-state index contributed by atoms with van der Waals surface area (Å²) in [5.74, 6) is 0.00898. The van der Waals surface area contributed by atoms with Gasteiger partial charge in [-0.3, -0.25) is 14.3 Å². The van der Waals surface area contributed by atoms with Gasteiger partial charge in [-0.05, 0) is 38.0 Å². The summed E-state index contributed by atoms with van der Waals surface area (Å²) in [6.07, 6.45) is 3.80. The van der Waals surface area contributed by atoms with E-state index in [4.69, 9.17) is 0 Å². The van der Waals surface area contributed by atoms with E-state index in [1.165, 1.54) is 0 Å². The van der Waals surface area contributed by atoms with E-state index in [-0.39, 0.29) is 11.8 Å². The van der Waals surface area contributed by atoms with Gasteiger partial charge < -0.3 is 15.5 Å². The van der Waals surface area contributed by atoms with Crippen LogP contribution in [0.15, 0.2) is 36.5 Å². The first-order valence-electron chi connectivity index (χ1n) is 9.02. The summed E-state index contributed by atoms with van der Waals surface area (Å²) >= 11 is 0. The number of para-hydroxylation sites is 1. The number of carbonyl (C=O) groups is 2. The Hall–Kier alpha value is -2.83. The summed E-state index contributed by atoms with van der Waals surface area (Å²) in [7, 11) is 0. The molecule has 0 radical (unpaired) electrons. The molecule has 2 N–H and O–H groups in total. The molecule has 3 heterocycles. The van der Waals surface area contributed by atoms with Crippen molar-refractivity contribution in [1.29, 1.82) is 0 Å². The average molecular weight is 353 g/mol. The molecule has 0 saturated carbocycles. The topological polar surface area (TPSA) is 79.3 Å². The first-order valence-corrected chi connectivity index (χ1v) is 9.02. The van der Waals surface area contributed by atoms with Gasteiger partial charge >= 0.3 is 0 Å². The molecule has 136 valence electrons. The predicted octanol–water partition coefficient (Wildman–Crippen LogP) is 1.76. The zero-order valence-corrected chi connectivity index (χ0v) is 14.9. The van der Waals surface area contributed by atoms with E-state index in [1.54, 1.807) is 6.20 Å². The molecule has 1 aromatic carbocycles. The number of hydrogen-bond acceptors (Lipinski definition) is 4. The fourth-order valence-corrected chi connectivity index (χ4v) is 3.83. The maximum atomic E-state index is 12.7. The van der Waals surface area contributed by atoms with Crippen molar-refractivity contribution in [2.45, 2.75) is 38.4 Å². The standard InChI is InChI=1S/C19H23N5O2/c1-14-7-10-20-24(14)12-8-17(25)23-11-4-9-19(13-23)21-16-6-3-2-5-15(16)18(26)22-19/h2-3,5-7,10,21H,4,8-9,11-13H2,1H3,(H,22,26)/t19-/m0/s1. The lowest BCUT2D eigenvalue weighted by Crippen LogP contribution is -2.66. The highest BCUT2D eigenvalue weighted by atomic mass is 16.2. The Bertz CT molecular complexity index is 846. The molecule has 2 amide bonds. The van der Waals surface area contributed by atoms with E-state index in [1.807, 2.05) is 46.8 Å². The van der Waals surface area contributed by atoms with E-state index >= 15 is 0 Å². The highest BCUT2D eigenvalue weighted by Gasteiger charge is 2.41. The van der Waals surface area contributed by atoms with Crippen LogP contribution in [-0.4, -0.2) is 45.2 Å². The van der Waals surface area contributed by atoms with Gasteiger partial charge in [-0.25, -0.2) is 0 Å². The molecule has 1 atom stereocenters. The lowest BCUT2D eigenvalue weighted by Gasteiger charge is -2.46. The summed E-state index contributed by atoms with van der Waals surface area (Å²) in [5, 5.41) is 10.8. The van der Waals surface area contributed by atoms with Crippen LogP contribution >= 0.6 is 0 Å². The van der Waals surface area contributed by atoms with Crippen molar-refractivity contribution < 1.29 is 9.59 Å². The fraction of sp³-hybridized carbons (Fsp3) is 0.421. The first-order chi connectivity index (χ1) is 12.6. The highest BCUT2D eigenvalue weighted by molar-refractivity contribution is 6.02. The number of hydrogen-bond donors (Lipinski definition) is 2. The number of rotatable bonds is 3. The minimum absolute atomic E-state index is 0.0826. The molecule has 26 heavy (non-hydrogen) atoms. The lowest BCUT2D eigenvalue weighted by molar-refractivity contribution is -0.133. The van der Waals surface area contributed by atoms with E-state index < -0.39 is 5.66 Å². The quantitative estimate of drug-likeness (QED) is 0.881. The van der Waals surface area contributed by atoms with Gasteiger partial charge in [-0.2, -0.15) is 5.10 Å². The number of benzene rings is 1. The number of piperidine rings is 1. The van der Waals surface area contributed by atoms with Crippen LogP contribution in [0.3, 0.4) is 0 Å². The van der Waals surface area contributed by atoms with Crippen molar-refractivity contribution in [3.8, 4) is 0 Å². The smallest absolute Gasteiger partial charge is 0.255 e. The molecule has 1 aromatic heterocycles. The monoisotopic (exact) mass is 353 g/mol. The maximum absolute atomic E-state index is 12.7. The van der Waals surface area contributed by atoms with Crippen LogP contribution in [0.5, 0.6) is 0 Å². The van der Waals surface area contributed by atoms with Crippen LogP contribution < -0.4 is 10.6 Å². The van der Waals surface area contributed by atoms with Gasteiger partial charge in [0, 0.05) is 37.1 Å². The van der Waals surface area contributed by atoms with Gasteiger partial charge in [0.15, 0.2) is 0 Å². The lowest BCUT2D eigenvalue weighted by atomic mass is 9.93. The summed E-state index contributed by atoms with van der Waals surface area (Å²) in [4.78, 5) is 27.0. The highest BCUT2D eigenvalue weighted by Crippen LogP contribution is 2.30. The van der Waals surface area contributed by atoms with Crippen LogP contribution in [0.1, 0.15) is 35.3 Å². The molecule has 1 spiro atoms. The van der Waals surface area contributed by atoms with Gasteiger partial charge in [0.05, 0.1) is 12.1 Å². The summed E-state index contributed by atoms with van der Waals surface area (Å²) in [6.45, 7) is 3.75. The third-order valence-electron chi connectivity index (χ3n) is 5.21. The van der Waals surface area contributed by atoms with E-state index in [0.29, 0.717) is 25.1 Å². The number of likely N-dealkylation sites (tertiary alicyclic amines) is 1. The van der Waals surface area contributed by atoms with Crippen molar-refractivity contribution in [3.63, 3.8) is 0 Å². The minimum atomic E-state index is -0.582. The Morgan fingerprint density at radius 1 is 1.27 bits per heavy atom. The van der Waals surface area contributed by atoms with Crippen LogP contribution in [-0.2, 0) is 11.3 Å². The van der Waals surface area contributed by atoms with Gasteiger partial charge in [0.2, 0.25) is 5.91 Å². The Morgan fingerprint density at radius 3 is 2.92 bits per heavy atom. The SMILES string of the molecule is Cc1ccnn1CCC(=O)N1CCC[C@@]2(C1)NC(=O)c1ccccc1N2. The molecule has 1 fully saturated rings. The zero-order valence-electron chi connectivity index (χ0n) is 14.9. The number of aryl methyl sites for hydroxylation is 2. The van der Waals surface area contributed by atoms with Crippen LogP contribution in [0.25, 0.3) is 0 Å². The van der Waals surface area contributed by atoms with Crippen LogP contribution in [0, 0.1) is 6.92 Å². The first kappa shape index (κ1) is 16.6. The van der Waals surface area contributed by atoms with Gasteiger partial charge in [-0.1, -0.05) is 12.1 Å². The van der Waals surface area contributed by atoms with E-state index in [0.717, 1.165) is 30.8 Å². The van der Waals surface area contributed by atoms with Gasteiger partial charge in [0.1, 0.15) is 5.66 Å². The number of aromatic nitrogens is 2. The van der Waals surface area contributed by atoms with Gasteiger partial charge in [-0.15, -0.1) is 0 Å². The molecule has 2 aromatic rings. The molecule has 4 rings (SSSR count). The third kappa shape index (κ3) is 3.05. The Labute approximate surface area is 152 Å². The van der Waals surface area contributed by atoms with Crippen molar-refractivity contribution >= 4 is 17.5 Å². The van der Waals surface area contributed by atoms with Crippen molar-refractivity contribution in [2.75, 3.05) is 18.4 Å². The number of nitrogens with one attached hydrogen (secondary N) is 2. The minimum Gasteiger partial charge on any atom is -0.361 e. The number of amides is 2. The molecule has 0 bridgehead atoms. The summed E-state index contributed by atoms with van der Waals surface area (Å²) in [6, 6.07) is 9.42. The van der Waals surface area contributed by atoms with E-state index in [9.17, 15) is 9.59 Å². The molecule has 2 aliphatic heterocycles. The normalized spacial score (nSPS) is 21.9. The predicted molar refractivity (Wildman–Crippen MR) is 97.7 cm³/mol. The average Bonchev–Trinajstić information content (AvgIpc) is 3.04. The van der Waals surface area contributed by atoms with E-state index in [2.05, 4.69) is 15.7 Å². The second-order valence-electron chi connectivity index (χ2n) is 7.07. The zero-order chi connectivity index (χ0) is 18.1. The molecule has 0 aliphatic carbocycles. The fourth-order valence-electron chi connectivity index (χ4n) is 3.83. The number of anilines is 1. The molecule has 0 unspecified atom stereocenters. The molecule has 2 aliphatic rings. The van der Waals surface area contributed by atoms with Crippen molar-refractivity contribution in [3.05, 3.63) is 47.8 Å². The number of fused-ring (bicyclic) bond motifs is 1. The second kappa shape index (κ2) is 6.48. The maximum Gasteiger partial charge on any atom is 0.255 e. The molecule has 7 heteroatoms. The van der Waals surface area contributed by atoms with Crippen molar-refractivity contribution in [2.24, 2.45) is 0 Å². The largest absolute Gasteiger partial charge is 0.361 e. The summed E-state index contributed by atoms with van der Waals surface area (Å²) < 4.78 is 1.84. The number of carbonyl (C=O) groups excluding carboxylic acids is 2.